The molecule has 2 rings (SSSR count). The van der Waals surface area contributed by atoms with Crippen LogP contribution in [0, 0.1) is 5.41 Å². The van der Waals surface area contributed by atoms with Crippen molar-refractivity contribution in [2.45, 2.75) is 19.3 Å². The summed E-state index contributed by atoms with van der Waals surface area (Å²) in [5.74, 6) is -0.219. The Kier molecular flexibility index (Phi) is 4.01. The molecule has 1 aromatic rings. The molecule has 0 spiro atoms. The van der Waals surface area contributed by atoms with Gasteiger partial charge in [-0.05, 0) is 37.5 Å². The molecular weight excluding hydrogens is 294 g/mol. The Hall–Kier alpha value is -1.36. The Balaban J connectivity index is 2.17. The molecule has 1 amide bonds. The van der Waals surface area contributed by atoms with Gasteiger partial charge in [0, 0.05) is 28.8 Å². The fourth-order valence-electron chi connectivity index (χ4n) is 2.13. The van der Waals surface area contributed by atoms with Gasteiger partial charge in [-0.1, -0.05) is 15.9 Å². The average Bonchev–Trinajstić information content (AvgIpc) is 2.38. The van der Waals surface area contributed by atoms with Gasteiger partial charge in [0.1, 0.15) is 5.71 Å². The first kappa shape index (κ1) is 13.1. The molecule has 0 saturated carbocycles. The number of nitrogens with one attached hydrogen (secondary N) is 1. The largest absolute Gasteiger partial charge is 0.398 e. The molecule has 0 atom stereocenters. The van der Waals surface area contributed by atoms with Gasteiger partial charge < -0.3 is 10.6 Å². The molecule has 18 heavy (non-hydrogen) atoms. The number of carbonyl (C=O) groups is 1. The average molecular weight is 310 g/mol. The summed E-state index contributed by atoms with van der Waals surface area (Å²) in [5, 5.41) is 8.00. The zero-order valence-electron chi connectivity index (χ0n) is 10.1. The van der Waals surface area contributed by atoms with Crippen LogP contribution in [0.4, 0.5) is 5.69 Å². The van der Waals surface area contributed by atoms with E-state index in [1.807, 2.05) is 0 Å². The second kappa shape index (κ2) is 5.52. The molecule has 0 bridgehead atoms. The number of benzene rings is 1. The van der Waals surface area contributed by atoms with E-state index in [0.717, 1.165) is 36.8 Å². The van der Waals surface area contributed by atoms with Crippen LogP contribution in [0.25, 0.3) is 0 Å². The zero-order chi connectivity index (χ0) is 13.1. The van der Waals surface area contributed by atoms with Crippen molar-refractivity contribution in [2.24, 2.45) is 0 Å². The minimum atomic E-state index is -0.219. The summed E-state index contributed by atoms with van der Waals surface area (Å²) in [5.41, 5.74) is 6.80. The maximum atomic E-state index is 12.2. The van der Waals surface area contributed by atoms with Crippen LogP contribution in [-0.2, 0) is 4.79 Å². The standard InChI is InChI=1S/C13H16BrN3O/c14-9-4-5-10(11(15)8-9)12(16)13(18)17-6-2-1-3-7-17/h4-5,8,16H,1-3,6-7,15H2. The van der Waals surface area contributed by atoms with E-state index in [1.165, 1.54) is 0 Å². The molecule has 3 N–H and O–H groups in total. The molecule has 1 aliphatic heterocycles. The van der Waals surface area contributed by atoms with Gasteiger partial charge in [-0.3, -0.25) is 10.2 Å². The highest BCUT2D eigenvalue weighted by Crippen LogP contribution is 2.20. The number of carbonyl (C=O) groups excluding carboxylic acids is 1. The summed E-state index contributed by atoms with van der Waals surface area (Å²) in [6.45, 7) is 1.50. The molecule has 1 heterocycles. The lowest BCUT2D eigenvalue weighted by molar-refractivity contribution is -0.124. The van der Waals surface area contributed by atoms with Gasteiger partial charge in [0.25, 0.3) is 5.91 Å². The summed E-state index contributed by atoms with van der Waals surface area (Å²) in [4.78, 5) is 13.9. The fraction of sp³-hybridized carbons (Fsp3) is 0.385. The van der Waals surface area contributed by atoms with Gasteiger partial charge in [0.05, 0.1) is 0 Å². The third-order valence-electron chi connectivity index (χ3n) is 3.14. The van der Waals surface area contributed by atoms with Crippen molar-refractivity contribution in [3.63, 3.8) is 0 Å². The molecule has 1 aromatic carbocycles. The lowest BCUT2D eigenvalue weighted by atomic mass is 10.1. The Morgan fingerprint density at radius 1 is 1.28 bits per heavy atom. The number of nitrogens with zero attached hydrogens (tertiary/aromatic N) is 1. The summed E-state index contributed by atoms with van der Waals surface area (Å²) in [6.07, 6.45) is 3.21. The highest BCUT2D eigenvalue weighted by atomic mass is 79.9. The van der Waals surface area contributed by atoms with E-state index < -0.39 is 0 Å². The Morgan fingerprint density at radius 3 is 2.56 bits per heavy atom. The quantitative estimate of drug-likeness (QED) is 0.650. The second-order valence-corrected chi connectivity index (χ2v) is 5.38. The SMILES string of the molecule is N=C(C(=O)N1CCCCC1)c1ccc(Br)cc1N. The highest BCUT2D eigenvalue weighted by molar-refractivity contribution is 9.10. The number of hydrogen-bond donors (Lipinski definition) is 2. The Bertz CT molecular complexity index is 481. The molecule has 0 aliphatic carbocycles. The van der Waals surface area contributed by atoms with E-state index >= 15 is 0 Å². The Labute approximate surface area is 115 Å². The smallest absolute Gasteiger partial charge is 0.272 e. The first-order valence-corrected chi connectivity index (χ1v) is 6.82. The van der Waals surface area contributed by atoms with Crippen molar-refractivity contribution < 1.29 is 4.79 Å². The number of anilines is 1. The maximum Gasteiger partial charge on any atom is 0.272 e. The van der Waals surface area contributed by atoms with Crippen molar-refractivity contribution in [3.05, 3.63) is 28.2 Å². The lowest BCUT2D eigenvalue weighted by Crippen LogP contribution is -2.40. The number of nitrogens with two attached hydrogens (primary N) is 1. The van der Waals surface area contributed by atoms with Crippen molar-refractivity contribution in [3.8, 4) is 0 Å². The molecule has 96 valence electrons. The number of hydrogen-bond acceptors (Lipinski definition) is 3. The predicted molar refractivity (Wildman–Crippen MR) is 75.8 cm³/mol. The first-order chi connectivity index (χ1) is 8.59. The molecule has 0 unspecified atom stereocenters. The van der Waals surface area contributed by atoms with Crippen LogP contribution in [0.2, 0.25) is 0 Å². The molecular formula is C13H16BrN3O. The van der Waals surface area contributed by atoms with E-state index in [1.54, 1.807) is 23.1 Å². The molecule has 5 heteroatoms. The highest BCUT2D eigenvalue weighted by Gasteiger charge is 2.22. The number of nitrogen functional groups attached to an aromatic ring is 1. The van der Waals surface area contributed by atoms with E-state index in [4.69, 9.17) is 11.1 Å². The van der Waals surface area contributed by atoms with Crippen LogP contribution in [0.1, 0.15) is 24.8 Å². The van der Waals surface area contributed by atoms with Crippen LogP contribution in [0.5, 0.6) is 0 Å². The van der Waals surface area contributed by atoms with E-state index in [2.05, 4.69) is 15.9 Å². The molecule has 4 nitrogen and oxygen atoms in total. The molecule has 1 fully saturated rings. The zero-order valence-corrected chi connectivity index (χ0v) is 11.7. The number of piperidine rings is 1. The van der Waals surface area contributed by atoms with Crippen molar-refractivity contribution in [1.29, 1.82) is 5.41 Å². The van der Waals surface area contributed by atoms with Gasteiger partial charge in [-0.15, -0.1) is 0 Å². The van der Waals surface area contributed by atoms with Crippen LogP contribution in [0.3, 0.4) is 0 Å². The number of likely N-dealkylation sites (tertiary alicyclic amines) is 1. The van der Waals surface area contributed by atoms with Crippen LogP contribution in [-0.4, -0.2) is 29.6 Å². The number of rotatable bonds is 2. The summed E-state index contributed by atoms with van der Waals surface area (Å²) >= 11 is 3.31. The predicted octanol–water partition coefficient (Wildman–Crippen LogP) is 2.41. The second-order valence-electron chi connectivity index (χ2n) is 4.46. The van der Waals surface area contributed by atoms with Gasteiger partial charge in [-0.2, -0.15) is 0 Å². The molecule has 0 aromatic heterocycles. The van der Waals surface area contributed by atoms with E-state index in [0.29, 0.717) is 11.3 Å². The van der Waals surface area contributed by atoms with Crippen molar-refractivity contribution in [2.75, 3.05) is 18.8 Å². The first-order valence-electron chi connectivity index (χ1n) is 6.03. The van der Waals surface area contributed by atoms with Gasteiger partial charge in [-0.25, -0.2) is 0 Å². The van der Waals surface area contributed by atoms with Crippen molar-refractivity contribution in [1.82, 2.24) is 4.90 Å². The number of amides is 1. The third kappa shape index (κ3) is 2.72. The molecule has 1 aliphatic rings. The van der Waals surface area contributed by atoms with E-state index in [9.17, 15) is 4.79 Å². The van der Waals surface area contributed by atoms with Crippen molar-refractivity contribution >= 4 is 33.2 Å². The minimum absolute atomic E-state index is 0.0121. The van der Waals surface area contributed by atoms with Gasteiger partial charge >= 0.3 is 0 Å². The minimum Gasteiger partial charge on any atom is -0.398 e. The van der Waals surface area contributed by atoms with Crippen LogP contribution < -0.4 is 5.73 Å². The lowest BCUT2D eigenvalue weighted by Gasteiger charge is -2.27. The Morgan fingerprint density at radius 2 is 1.94 bits per heavy atom. The molecule has 0 radical (unpaired) electrons. The fourth-order valence-corrected chi connectivity index (χ4v) is 2.51. The van der Waals surface area contributed by atoms with Crippen LogP contribution in [0.15, 0.2) is 22.7 Å². The normalized spacial score (nSPS) is 15.5. The summed E-state index contributed by atoms with van der Waals surface area (Å²) in [7, 11) is 0. The molecule has 1 saturated heterocycles. The summed E-state index contributed by atoms with van der Waals surface area (Å²) < 4.78 is 0.849. The summed E-state index contributed by atoms with van der Waals surface area (Å²) in [6, 6.07) is 5.22. The van der Waals surface area contributed by atoms with E-state index in [-0.39, 0.29) is 11.6 Å². The topological polar surface area (TPSA) is 70.2 Å². The van der Waals surface area contributed by atoms with Gasteiger partial charge in [0.15, 0.2) is 0 Å². The monoisotopic (exact) mass is 309 g/mol. The van der Waals surface area contributed by atoms with Gasteiger partial charge in [0.2, 0.25) is 0 Å². The number of halogens is 1. The maximum absolute atomic E-state index is 12.2. The van der Waals surface area contributed by atoms with Crippen LogP contribution >= 0.6 is 15.9 Å². The third-order valence-corrected chi connectivity index (χ3v) is 3.63.